The Bertz CT molecular complexity index is 646. The normalized spacial score (nSPS) is 26.5. The van der Waals surface area contributed by atoms with Gasteiger partial charge in [-0.3, -0.25) is 10.9 Å². The minimum Gasteiger partial charge on any atom is -0.358 e. The zero-order chi connectivity index (χ0) is 18.3. The molecule has 4 rings (SSSR count). The van der Waals surface area contributed by atoms with Gasteiger partial charge in [0.25, 0.3) is 0 Å². The summed E-state index contributed by atoms with van der Waals surface area (Å²) in [5.41, 5.74) is 9.78. The third-order valence-electron chi connectivity index (χ3n) is 6.29. The van der Waals surface area contributed by atoms with Gasteiger partial charge < -0.3 is 10.2 Å². The van der Waals surface area contributed by atoms with Gasteiger partial charge in [-0.05, 0) is 24.7 Å². The predicted octanol–water partition coefficient (Wildman–Crippen LogP) is 2.45. The van der Waals surface area contributed by atoms with Gasteiger partial charge in [0.1, 0.15) is 11.6 Å². The zero-order valence-electron chi connectivity index (χ0n) is 16.7. The smallest absolute Gasteiger partial charge is 0.136 e. The Morgan fingerprint density at radius 2 is 1.85 bits per heavy atom. The Kier molecular flexibility index (Phi) is 4.92. The molecule has 0 amide bonds. The highest BCUT2D eigenvalue weighted by Gasteiger charge is 2.34. The molecular weight excluding hydrogens is 324 g/mol. The number of hydrogen-bond donors (Lipinski definition) is 3. The van der Waals surface area contributed by atoms with Gasteiger partial charge in [-0.1, -0.05) is 33.6 Å². The van der Waals surface area contributed by atoms with Gasteiger partial charge in [-0.2, -0.15) is 0 Å². The van der Waals surface area contributed by atoms with Crippen LogP contribution in [0.3, 0.4) is 0 Å². The monoisotopic (exact) mass is 358 g/mol. The molecule has 3 N–H and O–H groups in total. The average molecular weight is 359 g/mol. The number of likely N-dealkylation sites (N-methyl/N-ethyl adjacent to an activating group) is 1. The van der Waals surface area contributed by atoms with Crippen molar-refractivity contribution in [2.75, 3.05) is 18.5 Å². The van der Waals surface area contributed by atoms with Crippen molar-refractivity contribution in [1.82, 2.24) is 26.1 Å². The van der Waals surface area contributed by atoms with Crippen LogP contribution in [0.15, 0.2) is 0 Å². The highest BCUT2D eigenvalue weighted by atomic mass is 15.4. The summed E-state index contributed by atoms with van der Waals surface area (Å²) in [6.07, 6.45) is 6.28. The maximum atomic E-state index is 5.06. The summed E-state index contributed by atoms with van der Waals surface area (Å²) in [6, 6.07) is 0.951. The van der Waals surface area contributed by atoms with Crippen LogP contribution in [0, 0.1) is 5.41 Å². The Labute approximate surface area is 157 Å². The van der Waals surface area contributed by atoms with E-state index in [4.69, 9.17) is 9.97 Å². The molecular formula is C20H34N6. The number of fused-ring (bicyclic) bond motifs is 1. The highest BCUT2D eigenvalue weighted by Crippen LogP contribution is 2.35. The molecule has 0 aromatic carbocycles. The molecule has 144 valence electrons. The van der Waals surface area contributed by atoms with Gasteiger partial charge in [0.2, 0.25) is 0 Å². The molecule has 0 radical (unpaired) electrons. The van der Waals surface area contributed by atoms with E-state index in [1.54, 1.807) is 0 Å². The number of hydrazine groups is 1. The Morgan fingerprint density at radius 3 is 2.54 bits per heavy atom. The van der Waals surface area contributed by atoms with Crippen LogP contribution < -0.4 is 21.1 Å². The molecule has 2 atom stereocenters. The third-order valence-corrected chi connectivity index (χ3v) is 6.29. The second-order valence-corrected chi connectivity index (χ2v) is 9.44. The number of nitrogens with one attached hydrogen (secondary N) is 3. The summed E-state index contributed by atoms with van der Waals surface area (Å²) in [4.78, 5) is 12.3. The van der Waals surface area contributed by atoms with Crippen molar-refractivity contribution in [2.24, 2.45) is 5.41 Å². The fourth-order valence-corrected chi connectivity index (χ4v) is 4.58. The summed E-state index contributed by atoms with van der Waals surface area (Å²) in [6.45, 7) is 9.64. The molecule has 1 aliphatic carbocycles. The van der Waals surface area contributed by atoms with Gasteiger partial charge in [0.05, 0.1) is 5.69 Å². The maximum absolute atomic E-state index is 5.06. The van der Waals surface area contributed by atoms with Crippen molar-refractivity contribution in [1.29, 1.82) is 0 Å². The first-order valence-electron chi connectivity index (χ1n) is 10.2. The Morgan fingerprint density at radius 1 is 1.08 bits per heavy atom. The highest BCUT2D eigenvalue weighted by molar-refractivity contribution is 5.50. The standard InChI is InChI=1S/C20H34N6/c1-20(2,3)17-9-14(24-25-17)12-26(4)19-15-10-21-11-16(15)22-18(23-19)13-7-5-6-8-13/h13-14,17,21,24-25H,5-12H2,1-4H3. The van der Waals surface area contributed by atoms with E-state index in [9.17, 15) is 0 Å². The van der Waals surface area contributed by atoms with Crippen LogP contribution in [0.1, 0.15) is 75.9 Å². The fraction of sp³-hybridized carbons (Fsp3) is 0.800. The molecule has 1 saturated heterocycles. The Hall–Kier alpha value is -1.24. The van der Waals surface area contributed by atoms with E-state index in [1.165, 1.54) is 36.9 Å². The first-order chi connectivity index (χ1) is 12.4. The fourth-order valence-electron chi connectivity index (χ4n) is 4.58. The van der Waals surface area contributed by atoms with E-state index >= 15 is 0 Å². The molecule has 2 unspecified atom stereocenters. The molecule has 0 spiro atoms. The van der Waals surface area contributed by atoms with Crippen molar-refractivity contribution in [3.63, 3.8) is 0 Å². The van der Waals surface area contributed by atoms with Crippen LogP contribution in [-0.2, 0) is 13.1 Å². The number of anilines is 1. The van der Waals surface area contributed by atoms with E-state index in [0.717, 1.165) is 37.7 Å². The van der Waals surface area contributed by atoms with Crippen molar-refractivity contribution in [3.8, 4) is 0 Å². The lowest BCUT2D eigenvalue weighted by Gasteiger charge is -2.27. The molecule has 2 fully saturated rings. The van der Waals surface area contributed by atoms with Crippen LogP contribution >= 0.6 is 0 Å². The van der Waals surface area contributed by atoms with E-state index in [1.807, 2.05) is 0 Å². The number of aromatic nitrogens is 2. The summed E-state index contributed by atoms with van der Waals surface area (Å²) in [7, 11) is 2.19. The van der Waals surface area contributed by atoms with Gasteiger partial charge in [0.15, 0.2) is 0 Å². The molecule has 3 heterocycles. The van der Waals surface area contributed by atoms with Gasteiger partial charge in [-0.25, -0.2) is 9.97 Å². The van der Waals surface area contributed by atoms with Crippen LogP contribution in [0.4, 0.5) is 5.82 Å². The average Bonchev–Trinajstić information content (AvgIpc) is 3.33. The topological polar surface area (TPSA) is 65.1 Å². The summed E-state index contributed by atoms with van der Waals surface area (Å²) >= 11 is 0. The summed E-state index contributed by atoms with van der Waals surface area (Å²) < 4.78 is 0. The molecule has 1 aromatic heterocycles. The van der Waals surface area contributed by atoms with Crippen LogP contribution in [0.25, 0.3) is 0 Å². The van der Waals surface area contributed by atoms with E-state index in [2.05, 4.69) is 48.9 Å². The second kappa shape index (κ2) is 7.06. The Balaban J connectivity index is 1.51. The summed E-state index contributed by atoms with van der Waals surface area (Å²) in [5.74, 6) is 2.78. The molecule has 3 aliphatic rings. The molecule has 26 heavy (non-hydrogen) atoms. The lowest BCUT2D eigenvalue weighted by molar-refractivity contribution is 0.286. The van der Waals surface area contributed by atoms with Crippen LogP contribution in [0.2, 0.25) is 0 Å². The molecule has 6 heteroatoms. The number of hydrogen-bond acceptors (Lipinski definition) is 6. The van der Waals surface area contributed by atoms with Gasteiger partial charge in [0, 0.05) is 50.2 Å². The molecule has 0 bridgehead atoms. The largest absolute Gasteiger partial charge is 0.358 e. The van der Waals surface area contributed by atoms with Gasteiger partial charge >= 0.3 is 0 Å². The summed E-state index contributed by atoms with van der Waals surface area (Å²) in [5, 5.41) is 3.46. The SMILES string of the molecule is CN(CC1CC(C(C)(C)C)NN1)c1nc(C2CCCC2)nc2c1CNC2. The van der Waals surface area contributed by atoms with Crippen LogP contribution in [-0.4, -0.2) is 35.6 Å². The third kappa shape index (κ3) is 3.59. The second-order valence-electron chi connectivity index (χ2n) is 9.44. The first kappa shape index (κ1) is 18.1. The quantitative estimate of drug-likeness (QED) is 0.768. The van der Waals surface area contributed by atoms with Crippen molar-refractivity contribution in [2.45, 2.75) is 84.0 Å². The van der Waals surface area contributed by atoms with E-state index in [0.29, 0.717) is 18.0 Å². The first-order valence-corrected chi connectivity index (χ1v) is 10.2. The number of nitrogens with zero attached hydrogens (tertiary/aromatic N) is 3. The van der Waals surface area contributed by atoms with E-state index < -0.39 is 0 Å². The van der Waals surface area contributed by atoms with Gasteiger partial charge in [-0.15, -0.1) is 0 Å². The van der Waals surface area contributed by atoms with Crippen molar-refractivity contribution in [3.05, 3.63) is 17.1 Å². The van der Waals surface area contributed by atoms with Crippen LogP contribution in [0.5, 0.6) is 0 Å². The maximum Gasteiger partial charge on any atom is 0.136 e. The van der Waals surface area contributed by atoms with Crippen molar-refractivity contribution < 1.29 is 0 Å². The molecule has 2 aliphatic heterocycles. The lowest BCUT2D eigenvalue weighted by Crippen LogP contribution is -2.42. The molecule has 6 nitrogen and oxygen atoms in total. The number of rotatable bonds is 4. The molecule has 1 saturated carbocycles. The van der Waals surface area contributed by atoms with Crippen molar-refractivity contribution >= 4 is 5.82 Å². The minimum absolute atomic E-state index is 0.274. The zero-order valence-corrected chi connectivity index (χ0v) is 16.7. The molecule has 1 aromatic rings. The van der Waals surface area contributed by atoms with E-state index in [-0.39, 0.29) is 5.41 Å². The minimum atomic E-state index is 0.274. The lowest BCUT2D eigenvalue weighted by atomic mass is 9.84. The predicted molar refractivity (Wildman–Crippen MR) is 105 cm³/mol.